The lowest BCUT2D eigenvalue weighted by Gasteiger charge is -2.38. The van der Waals surface area contributed by atoms with Gasteiger partial charge in [-0.25, -0.2) is 13.2 Å². The highest BCUT2D eigenvalue weighted by molar-refractivity contribution is 7.89. The van der Waals surface area contributed by atoms with Crippen molar-refractivity contribution in [3.8, 4) is 0 Å². The highest BCUT2D eigenvalue weighted by Crippen LogP contribution is 2.27. The van der Waals surface area contributed by atoms with E-state index in [1.54, 1.807) is 11.8 Å². The van der Waals surface area contributed by atoms with Crippen LogP contribution in [0.3, 0.4) is 0 Å². The summed E-state index contributed by atoms with van der Waals surface area (Å²) in [7, 11) is -3.90. The fourth-order valence-electron chi connectivity index (χ4n) is 4.25. The zero-order chi connectivity index (χ0) is 24.9. The highest BCUT2D eigenvalue weighted by atomic mass is 32.2. The van der Waals surface area contributed by atoms with Gasteiger partial charge in [-0.05, 0) is 44.2 Å². The first-order chi connectivity index (χ1) is 16.1. The van der Waals surface area contributed by atoms with E-state index in [4.69, 9.17) is 9.15 Å². The summed E-state index contributed by atoms with van der Waals surface area (Å²) in [5, 5.41) is -0.307. The molecular weight excluding hydrogens is 462 g/mol. The quantitative estimate of drug-likeness (QED) is 0.504. The number of hydrogen-bond acceptors (Lipinski definition) is 7. The van der Waals surface area contributed by atoms with Crippen LogP contribution in [0.1, 0.15) is 57.0 Å². The fraction of sp³-hybridized carbons (Fsp3) is 0.696. The van der Waals surface area contributed by atoms with Gasteiger partial charge in [-0.1, -0.05) is 13.8 Å². The van der Waals surface area contributed by atoms with E-state index < -0.39 is 16.0 Å². The Balaban J connectivity index is 1.49. The number of furan rings is 1. The number of piperazine rings is 1. The van der Waals surface area contributed by atoms with Gasteiger partial charge in [0.05, 0.1) is 6.61 Å². The Morgan fingerprint density at radius 3 is 2.24 bits per heavy atom. The van der Waals surface area contributed by atoms with Crippen LogP contribution in [0.4, 0.5) is 0 Å². The van der Waals surface area contributed by atoms with Crippen LogP contribution in [0.2, 0.25) is 0 Å². The summed E-state index contributed by atoms with van der Waals surface area (Å²) in [6, 6.07) is 2.54. The molecule has 2 saturated heterocycles. The second-order valence-corrected chi connectivity index (χ2v) is 11.0. The van der Waals surface area contributed by atoms with Gasteiger partial charge in [-0.15, -0.1) is 0 Å². The summed E-state index contributed by atoms with van der Waals surface area (Å²) in [6.07, 6.45) is 2.23. The van der Waals surface area contributed by atoms with Gasteiger partial charge < -0.3 is 19.0 Å². The van der Waals surface area contributed by atoms with E-state index in [0.717, 1.165) is 6.42 Å². The Morgan fingerprint density at radius 1 is 1.03 bits per heavy atom. The van der Waals surface area contributed by atoms with E-state index in [0.29, 0.717) is 51.4 Å². The molecule has 0 N–H and O–H groups in total. The first-order valence-corrected chi connectivity index (χ1v) is 13.4. The maximum atomic E-state index is 13.0. The number of hydrogen-bond donors (Lipinski definition) is 0. The minimum atomic E-state index is -3.90. The van der Waals surface area contributed by atoms with Crippen molar-refractivity contribution < 1.29 is 32.0 Å². The van der Waals surface area contributed by atoms with Crippen molar-refractivity contribution in [2.45, 2.75) is 51.5 Å². The normalized spacial score (nSPS) is 18.4. The van der Waals surface area contributed by atoms with Crippen LogP contribution in [-0.2, 0) is 24.3 Å². The van der Waals surface area contributed by atoms with Gasteiger partial charge >= 0.3 is 5.97 Å². The van der Waals surface area contributed by atoms with Gasteiger partial charge in [0, 0.05) is 51.6 Å². The molecule has 10 nitrogen and oxygen atoms in total. The van der Waals surface area contributed by atoms with Gasteiger partial charge in [-0.3, -0.25) is 9.59 Å². The van der Waals surface area contributed by atoms with Crippen molar-refractivity contribution in [2.75, 3.05) is 45.9 Å². The third kappa shape index (κ3) is 6.18. The van der Waals surface area contributed by atoms with E-state index >= 15 is 0 Å². The predicted molar refractivity (Wildman–Crippen MR) is 123 cm³/mol. The molecule has 0 bridgehead atoms. The molecule has 3 heterocycles. The molecule has 0 unspecified atom stereocenters. The summed E-state index contributed by atoms with van der Waals surface area (Å²) < 4.78 is 37.2. The number of amides is 2. The van der Waals surface area contributed by atoms with Gasteiger partial charge in [0.1, 0.15) is 0 Å². The monoisotopic (exact) mass is 497 g/mol. The number of sulfonamides is 1. The molecule has 190 valence electrons. The molecule has 1 aromatic rings. The summed E-state index contributed by atoms with van der Waals surface area (Å²) in [5.74, 6) is -0.477. The fourth-order valence-corrected chi connectivity index (χ4v) is 5.63. The van der Waals surface area contributed by atoms with Gasteiger partial charge in [0.25, 0.3) is 10.0 Å². The smallest absolute Gasteiger partial charge is 0.374 e. The van der Waals surface area contributed by atoms with Gasteiger partial charge in [0.2, 0.25) is 22.7 Å². The minimum absolute atomic E-state index is 0.0222. The van der Waals surface area contributed by atoms with E-state index in [2.05, 4.69) is 13.8 Å². The molecule has 0 atom stereocenters. The Kier molecular flexibility index (Phi) is 8.75. The van der Waals surface area contributed by atoms with Crippen molar-refractivity contribution in [1.82, 2.24) is 14.1 Å². The average molecular weight is 498 g/mol. The van der Waals surface area contributed by atoms with E-state index in [1.165, 1.54) is 16.4 Å². The topological polar surface area (TPSA) is 117 Å². The molecule has 0 aliphatic carbocycles. The number of carbonyl (C=O) groups excluding carboxylic acids is 3. The number of ether oxygens (including phenoxy) is 1. The second-order valence-electron chi connectivity index (χ2n) is 9.16. The molecule has 34 heavy (non-hydrogen) atoms. The van der Waals surface area contributed by atoms with Crippen LogP contribution in [0, 0.1) is 11.8 Å². The van der Waals surface area contributed by atoms with Crippen LogP contribution >= 0.6 is 0 Å². The lowest BCUT2D eigenvalue weighted by Crippen LogP contribution is -2.53. The van der Waals surface area contributed by atoms with Crippen molar-refractivity contribution in [3.05, 3.63) is 17.9 Å². The lowest BCUT2D eigenvalue weighted by molar-refractivity contribution is -0.143. The third-order valence-corrected chi connectivity index (χ3v) is 8.11. The van der Waals surface area contributed by atoms with Crippen LogP contribution in [-0.4, -0.2) is 86.2 Å². The zero-order valence-corrected chi connectivity index (χ0v) is 21.0. The molecule has 0 spiro atoms. The van der Waals surface area contributed by atoms with Crippen LogP contribution in [0.15, 0.2) is 21.6 Å². The number of carbonyl (C=O) groups is 3. The standard InChI is InChI=1S/C23H35N3O7S/c1-4-32-23(29)19-6-8-21(33-19)34(30,31)26-11-9-18(10-12-26)22(28)25-15-13-24(14-16-25)20(27)7-5-17(2)3/h6,8,17-18H,4-5,7,9-16H2,1-3H3. The van der Waals surface area contributed by atoms with Gasteiger partial charge in [-0.2, -0.15) is 4.31 Å². The third-order valence-electron chi connectivity index (χ3n) is 6.33. The van der Waals surface area contributed by atoms with Crippen molar-refractivity contribution in [1.29, 1.82) is 0 Å². The van der Waals surface area contributed by atoms with Crippen molar-refractivity contribution in [2.24, 2.45) is 11.8 Å². The number of nitrogens with zero attached hydrogens (tertiary/aromatic N) is 3. The van der Waals surface area contributed by atoms with Crippen LogP contribution in [0.25, 0.3) is 0 Å². The molecule has 2 aliphatic rings. The summed E-state index contributed by atoms with van der Waals surface area (Å²) in [4.78, 5) is 40.7. The summed E-state index contributed by atoms with van der Waals surface area (Å²) in [5.41, 5.74) is 0. The Labute approximate surface area is 201 Å². The van der Waals surface area contributed by atoms with E-state index in [9.17, 15) is 22.8 Å². The van der Waals surface area contributed by atoms with Crippen molar-refractivity contribution in [3.63, 3.8) is 0 Å². The lowest BCUT2D eigenvalue weighted by atomic mass is 9.96. The number of piperidine rings is 1. The summed E-state index contributed by atoms with van der Waals surface area (Å²) in [6.45, 7) is 8.48. The SMILES string of the molecule is CCOC(=O)c1ccc(S(=O)(=O)N2CCC(C(=O)N3CCN(C(=O)CCC(C)C)CC3)CC2)o1. The molecule has 2 aliphatic heterocycles. The largest absolute Gasteiger partial charge is 0.460 e. The molecule has 0 radical (unpaired) electrons. The zero-order valence-electron chi connectivity index (χ0n) is 20.2. The van der Waals surface area contributed by atoms with E-state index in [-0.39, 0.29) is 48.3 Å². The first-order valence-electron chi connectivity index (χ1n) is 12.0. The summed E-state index contributed by atoms with van der Waals surface area (Å²) >= 11 is 0. The number of rotatable bonds is 8. The molecule has 3 rings (SSSR count). The molecular formula is C23H35N3O7S. The maximum absolute atomic E-state index is 13.0. The first kappa shape index (κ1) is 26.2. The molecule has 0 saturated carbocycles. The number of esters is 1. The Morgan fingerprint density at radius 2 is 1.65 bits per heavy atom. The highest BCUT2D eigenvalue weighted by Gasteiger charge is 2.36. The Bertz CT molecular complexity index is 972. The molecule has 11 heteroatoms. The molecule has 0 aromatic carbocycles. The molecule has 2 amide bonds. The Hall–Kier alpha value is -2.40. The van der Waals surface area contributed by atoms with Crippen molar-refractivity contribution >= 4 is 27.8 Å². The minimum Gasteiger partial charge on any atom is -0.460 e. The van der Waals surface area contributed by atoms with Crippen LogP contribution in [0.5, 0.6) is 0 Å². The second kappa shape index (κ2) is 11.4. The van der Waals surface area contributed by atoms with Gasteiger partial charge in [0.15, 0.2) is 0 Å². The maximum Gasteiger partial charge on any atom is 0.374 e. The van der Waals surface area contributed by atoms with E-state index in [1.807, 2.05) is 4.90 Å². The molecule has 2 fully saturated rings. The predicted octanol–water partition coefficient (Wildman–Crippen LogP) is 1.96. The average Bonchev–Trinajstić information content (AvgIpc) is 3.34. The van der Waals surface area contributed by atoms with Crippen LogP contribution < -0.4 is 0 Å². The molecule has 1 aromatic heterocycles.